The van der Waals surface area contributed by atoms with Crippen molar-refractivity contribution in [1.82, 2.24) is 15.3 Å². The normalized spacial score (nSPS) is 11.0. The van der Waals surface area contributed by atoms with E-state index in [9.17, 15) is 0 Å². The van der Waals surface area contributed by atoms with Crippen LogP contribution in [0, 0.1) is 13.8 Å². The van der Waals surface area contributed by atoms with Gasteiger partial charge < -0.3 is 10.1 Å². The molecule has 0 unspecified atom stereocenters. The van der Waals surface area contributed by atoms with Crippen molar-refractivity contribution in [3.05, 3.63) is 34.5 Å². The lowest BCUT2D eigenvalue weighted by molar-refractivity contribution is 0.199. The van der Waals surface area contributed by atoms with Gasteiger partial charge in [0.25, 0.3) is 0 Å². The Morgan fingerprint density at radius 2 is 1.95 bits per heavy atom. The highest BCUT2D eigenvalue weighted by Crippen LogP contribution is 2.23. The summed E-state index contributed by atoms with van der Waals surface area (Å²) in [4.78, 5) is 10.5. The van der Waals surface area contributed by atoms with Crippen molar-refractivity contribution in [2.24, 2.45) is 0 Å². The van der Waals surface area contributed by atoms with E-state index in [-0.39, 0.29) is 0 Å². The first kappa shape index (κ1) is 16.1. The van der Waals surface area contributed by atoms with E-state index >= 15 is 0 Å². The molecule has 0 aromatic carbocycles. The van der Waals surface area contributed by atoms with Crippen LogP contribution in [-0.4, -0.2) is 36.8 Å². The van der Waals surface area contributed by atoms with Crippen LogP contribution in [-0.2, 0) is 11.2 Å². The molecule has 2 rings (SSSR count). The number of ether oxygens (including phenoxy) is 1. The Kier molecular flexibility index (Phi) is 6.29. The monoisotopic (exact) mass is 305 g/mol. The highest BCUT2D eigenvalue weighted by atomic mass is 32.1. The summed E-state index contributed by atoms with van der Waals surface area (Å²) < 4.78 is 5.01. The van der Waals surface area contributed by atoms with Gasteiger partial charge in [-0.1, -0.05) is 6.07 Å². The summed E-state index contributed by atoms with van der Waals surface area (Å²) in [7, 11) is 1.72. The molecular formula is C16H23N3OS. The minimum absolute atomic E-state index is 0.761. The molecule has 0 fully saturated rings. The van der Waals surface area contributed by atoms with Gasteiger partial charge in [-0.25, -0.2) is 9.97 Å². The lowest BCUT2D eigenvalue weighted by atomic mass is 10.1. The van der Waals surface area contributed by atoms with Crippen molar-refractivity contribution in [1.29, 1.82) is 0 Å². The van der Waals surface area contributed by atoms with Gasteiger partial charge in [-0.2, -0.15) is 0 Å². The fraction of sp³-hybridized carbons (Fsp3) is 0.500. The van der Waals surface area contributed by atoms with Crippen LogP contribution >= 0.6 is 11.3 Å². The summed E-state index contributed by atoms with van der Waals surface area (Å²) in [5.74, 6) is 0.849. The lowest BCUT2D eigenvalue weighted by Crippen LogP contribution is -2.20. The second-order valence-corrected chi connectivity index (χ2v) is 5.97. The van der Waals surface area contributed by atoms with E-state index in [1.807, 2.05) is 6.07 Å². The van der Waals surface area contributed by atoms with Crippen molar-refractivity contribution in [3.8, 4) is 10.7 Å². The second kappa shape index (κ2) is 8.22. The van der Waals surface area contributed by atoms with Crippen LogP contribution < -0.4 is 5.32 Å². The predicted octanol–water partition coefficient (Wildman–Crippen LogP) is 2.99. The quantitative estimate of drug-likeness (QED) is 0.762. The van der Waals surface area contributed by atoms with Crippen LogP contribution in [0.4, 0.5) is 0 Å². The van der Waals surface area contributed by atoms with Gasteiger partial charge in [0.15, 0.2) is 5.82 Å². The molecule has 114 valence electrons. The fourth-order valence-electron chi connectivity index (χ4n) is 2.31. The zero-order valence-electron chi connectivity index (χ0n) is 13.0. The van der Waals surface area contributed by atoms with Crippen molar-refractivity contribution in [2.75, 3.05) is 26.8 Å². The molecule has 0 bridgehead atoms. The first-order chi connectivity index (χ1) is 10.2. The van der Waals surface area contributed by atoms with Gasteiger partial charge in [-0.05, 0) is 50.2 Å². The van der Waals surface area contributed by atoms with E-state index < -0.39 is 0 Å². The molecular weight excluding hydrogens is 282 g/mol. The molecule has 0 radical (unpaired) electrons. The number of aromatic nitrogens is 2. The third-order valence-corrected chi connectivity index (χ3v) is 4.29. The zero-order chi connectivity index (χ0) is 15.1. The maximum Gasteiger partial charge on any atom is 0.169 e. The molecule has 0 spiro atoms. The molecule has 0 saturated heterocycles. The third-order valence-electron chi connectivity index (χ3n) is 3.43. The molecule has 21 heavy (non-hydrogen) atoms. The Labute approximate surface area is 130 Å². The van der Waals surface area contributed by atoms with E-state index in [0.29, 0.717) is 0 Å². The molecule has 2 heterocycles. The Morgan fingerprint density at radius 1 is 1.19 bits per heavy atom. The Bertz CT molecular complexity index is 532. The number of methoxy groups -OCH3 is 1. The van der Waals surface area contributed by atoms with Crippen molar-refractivity contribution < 1.29 is 4.74 Å². The summed E-state index contributed by atoms with van der Waals surface area (Å²) in [6, 6.07) is 4.10. The first-order valence-electron chi connectivity index (χ1n) is 7.30. The number of thiophene rings is 1. The van der Waals surface area contributed by atoms with Crippen LogP contribution in [0.15, 0.2) is 17.5 Å². The fourth-order valence-corrected chi connectivity index (χ4v) is 2.96. The van der Waals surface area contributed by atoms with Crippen LogP contribution in [0.1, 0.15) is 23.4 Å². The molecule has 0 aliphatic heterocycles. The molecule has 0 aliphatic carbocycles. The van der Waals surface area contributed by atoms with Crippen molar-refractivity contribution in [3.63, 3.8) is 0 Å². The molecule has 2 aromatic rings. The molecule has 2 aromatic heterocycles. The highest BCUT2D eigenvalue weighted by Gasteiger charge is 2.10. The van der Waals surface area contributed by atoms with E-state index in [4.69, 9.17) is 4.74 Å². The Hall–Kier alpha value is -1.30. The molecule has 0 atom stereocenters. The van der Waals surface area contributed by atoms with Crippen LogP contribution in [0.25, 0.3) is 10.7 Å². The first-order valence-corrected chi connectivity index (χ1v) is 8.18. The smallest absolute Gasteiger partial charge is 0.169 e. The lowest BCUT2D eigenvalue weighted by Gasteiger charge is -2.10. The maximum atomic E-state index is 5.01. The van der Waals surface area contributed by atoms with Gasteiger partial charge in [0.05, 0.1) is 11.5 Å². The van der Waals surface area contributed by atoms with Gasteiger partial charge in [0.2, 0.25) is 0 Å². The van der Waals surface area contributed by atoms with Crippen molar-refractivity contribution in [2.45, 2.75) is 26.7 Å². The number of rotatable bonds is 8. The van der Waals surface area contributed by atoms with Gasteiger partial charge >= 0.3 is 0 Å². The van der Waals surface area contributed by atoms with Crippen molar-refractivity contribution >= 4 is 11.3 Å². The number of hydrogen-bond donors (Lipinski definition) is 1. The van der Waals surface area contributed by atoms with Crippen LogP contribution in [0.5, 0.6) is 0 Å². The largest absolute Gasteiger partial charge is 0.383 e. The summed E-state index contributed by atoms with van der Waals surface area (Å²) in [6.45, 7) is 6.83. The number of nitrogens with one attached hydrogen (secondary N) is 1. The van der Waals surface area contributed by atoms with Gasteiger partial charge in [0, 0.05) is 25.0 Å². The average Bonchev–Trinajstić information content (AvgIpc) is 2.99. The molecule has 0 saturated carbocycles. The molecule has 5 heteroatoms. The number of aryl methyl sites for hydroxylation is 2. The number of nitrogens with zero attached hydrogens (tertiary/aromatic N) is 2. The summed E-state index contributed by atoms with van der Waals surface area (Å²) in [5.41, 5.74) is 3.48. The van der Waals surface area contributed by atoms with E-state index in [0.717, 1.165) is 54.6 Å². The Morgan fingerprint density at radius 3 is 2.57 bits per heavy atom. The molecule has 0 amide bonds. The van der Waals surface area contributed by atoms with E-state index in [1.165, 1.54) is 5.56 Å². The molecule has 0 aliphatic rings. The van der Waals surface area contributed by atoms with Gasteiger partial charge in [-0.15, -0.1) is 11.3 Å². The minimum Gasteiger partial charge on any atom is -0.383 e. The standard InChI is InChI=1S/C16H23N3OS/c1-12-14(6-4-8-17-9-10-20-3)13(2)19-16(18-12)15-7-5-11-21-15/h5,7,11,17H,4,6,8-10H2,1-3H3. The second-order valence-electron chi connectivity index (χ2n) is 5.02. The maximum absolute atomic E-state index is 5.01. The molecule has 1 N–H and O–H groups in total. The number of hydrogen-bond acceptors (Lipinski definition) is 5. The minimum atomic E-state index is 0.761. The summed E-state index contributed by atoms with van der Waals surface area (Å²) in [6.07, 6.45) is 2.11. The average molecular weight is 305 g/mol. The summed E-state index contributed by atoms with van der Waals surface area (Å²) in [5, 5.41) is 5.42. The topological polar surface area (TPSA) is 47.0 Å². The zero-order valence-corrected chi connectivity index (χ0v) is 13.8. The third kappa shape index (κ3) is 4.59. The highest BCUT2D eigenvalue weighted by molar-refractivity contribution is 7.13. The van der Waals surface area contributed by atoms with E-state index in [1.54, 1.807) is 18.4 Å². The molecule has 4 nitrogen and oxygen atoms in total. The van der Waals surface area contributed by atoms with Crippen LogP contribution in [0.2, 0.25) is 0 Å². The SMILES string of the molecule is COCCNCCCc1c(C)nc(-c2cccs2)nc1C. The van der Waals surface area contributed by atoms with E-state index in [2.05, 4.69) is 40.6 Å². The van der Waals surface area contributed by atoms with Gasteiger partial charge in [-0.3, -0.25) is 0 Å². The van der Waals surface area contributed by atoms with Crippen LogP contribution in [0.3, 0.4) is 0 Å². The van der Waals surface area contributed by atoms with Gasteiger partial charge in [0.1, 0.15) is 0 Å². The summed E-state index contributed by atoms with van der Waals surface area (Å²) >= 11 is 1.68. The predicted molar refractivity (Wildman–Crippen MR) is 87.9 cm³/mol. The Balaban J connectivity index is 1.95.